The van der Waals surface area contributed by atoms with Crippen LogP contribution < -0.4 is 10.3 Å². The molecule has 1 atom stereocenters. The minimum atomic E-state index is -0.610. The number of rotatable bonds is 6. The minimum Gasteiger partial charge on any atom is -0.491 e. The van der Waals surface area contributed by atoms with Crippen LogP contribution in [0.2, 0.25) is 0 Å². The normalized spacial score (nSPS) is 12.3. The second-order valence-electron chi connectivity index (χ2n) is 4.74. The van der Waals surface area contributed by atoms with Gasteiger partial charge < -0.3 is 9.47 Å². The first-order valence-corrected chi connectivity index (χ1v) is 6.43. The van der Waals surface area contributed by atoms with E-state index in [-0.39, 0.29) is 23.2 Å². The highest BCUT2D eigenvalue weighted by molar-refractivity contribution is 5.74. The Hall–Kier alpha value is -1.78. The van der Waals surface area contributed by atoms with E-state index in [1.165, 1.54) is 11.7 Å². The molecule has 0 spiro atoms. The summed E-state index contributed by atoms with van der Waals surface area (Å²) in [7, 11) is 1.43. The van der Waals surface area contributed by atoms with Gasteiger partial charge in [0, 0.05) is 6.20 Å². The maximum absolute atomic E-state index is 12.1. The first-order chi connectivity index (χ1) is 9.01. The number of ether oxygens (including phenoxy) is 2. The van der Waals surface area contributed by atoms with E-state index in [0.29, 0.717) is 13.0 Å². The van der Waals surface area contributed by atoms with E-state index in [0.717, 1.165) is 0 Å². The van der Waals surface area contributed by atoms with Gasteiger partial charge in [-0.25, -0.2) is 4.79 Å². The van der Waals surface area contributed by atoms with Gasteiger partial charge in [0.1, 0.15) is 6.04 Å². The molecule has 19 heavy (non-hydrogen) atoms. The van der Waals surface area contributed by atoms with Crippen LogP contribution in [0.15, 0.2) is 23.1 Å². The van der Waals surface area contributed by atoms with Gasteiger partial charge in [-0.05, 0) is 24.5 Å². The Bertz CT molecular complexity index is 479. The predicted octanol–water partition coefficient (Wildman–Crippen LogP) is 2.01. The van der Waals surface area contributed by atoms with Gasteiger partial charge in [-0.3, -0.25) is 9.36 Å². The minimum absolute atomic E-state index is 0.220. The zero-order valence-corrected chi connectivity index (χ0v) is 11.9. The van der Waals surface area contributed by atoms with Gasteiger partial charge >= 0.3 is 5.97 Å². The average molecular weight is 267 g/mol. The molecule has 0 aliphatic carbocycles. The van der Waals surface area contributed by atoms with Gasteiger partial charge in [0.2, 0.25) is 0 Å². The number of esters is 1. The number of carbonyl (C=O) groups is 1. The first kappa shape index (κ1) is 15.3. The van der Waals surface area contributed by atoms with E-state index >= 15 is 0 Å². The molecule has 1 heterocycles. The van der Waals surface area contributed by atoms with Crippen molar-refractivity contribution in [3.05, 3.63) is 28.7 Å². The van der Waals surface area contributed by atoms with Crippen molar-refractivity contribution in [2.75, 3.05) is 13.7 Å². The number of aromatic nitrogens is 1. The molecular formula is C14H21NO4. The molecule has 1 rings (SSSR count). The molecule has 0 amide bonds. The number of pyridine rings is 1. The van der Waals surface area contributed by atoms with Gasteiger partial charge in [-0.15, -0.1) is 0 Å². The monoisotopic (exact) mass is 267 g/mol. The van der Waals surface area contributed by atoms with E-state index < -0.39 is 6.04 Å². The van der Waals surface area contributed by atoms with Crippen molar-refractivity contribution in [1.29, 1.82) is 0 Å². The van der Waals surface area contributed by atoms with E-state index in [2.05, 4.69) is 0 Å². The Morgan fingerprint density at radius 2 is 2.11 bits per heavy atom. The summed E-state index contributed by atoms with van der Waals surface area (Å²) in [5, 5.41) is 0. The molecule has 0 bridgehead atoms. The molecule has 0 aliphatic heterocycles. The third-order valence-electron chi connectivity index (χ3n) is 2.71. The van der Waals surface area contributed by atoms with Crippen LogP contribution in [0, 0.1) is 5.92 Å². The van der Waals surface area contributed by atoms with Crippen LogP contribution in [0.25, 0.3) is 0 Å². The van der Waals surface area contributed by atoms with Crippen molar-refractivity contribution >= 4 is 5.97 Å². The number of methoxy groups -OCH3 is 1. The Morgan fingerprint density at radius 1 is 1.42 bits per heavy atom. The predicted molar refractivity (Wildman–Crippen MR) is 72.4 cm³/mol. The van der Waals surface area contributed by atoms with Crippen molar-refractivity contribution in [1.82, 2.24) is 4.57 Å². The molecule has 1 aromatic heterocycles. The number of hydrogen-bond acceptors (Lipinski definition) is 4. The third-order valence-corrected chi connectivity index (χ3v) is 2.71. The summed E-state index contributed by atoms with van der Waals surface area (Å²) in [5.41, 5.74) is -0.321. The van der Waals surface area contributed by atoms with E-state index in [4.69, 9.17) is 9.47 Å². The summed E-state index contributed by atoms with van der Waals surface area (Å²) in [5.74, 6) is 0.104. The van der Waals surface area contributed by atoms with Crippen LogP contribution >= 0.6 is 0 Å². The summed E-state index contributed by atoms with van der Waals surface area (Å²) in [6.07, 6.45) is 2.07. The van der Waals surface area contributed by atoms with Gasteiger partial charge in [0.25, 0.3) is 5.56 Å². The fourth-order valence-electron chi connectivity index (χ4n) is 1.71. The van der Waals surface area contributed by atoms with Gasteiger partial charge in [0.15, 0.2) is 5.75 Å². The molecule has 0 aromatic carbocycles. The Labute approximate surface area is 113 Å². The Balaban J connectivity index is 2.97. The quantitative estimate of drug-likeness (QED) is 0.740. The van der Waals surface area contributed by atoms with Gasteiger partial charge in [0.05, 0.1) is 13.7 Å². The van der Waals surface area contributed by atoms with Gasteiger partial charge in [-0.2, -0.15) is 0 Å². The lowest BCUT2D eigenvalue weighted by molar-refractivity contribution is -0.149. The highest BCUT2D eigenvalue weighted by Crippen LogP contribution is 2.13. The molecule has 5 nitrogen and oxygen atoms in total. The lowest BCUT2D eigenvalue weighted by Gasteiger charge is -2.18. The van der Waals surface area contributed by atoms with E-state index in [1.54, 1.807) is 18.3 Å². The highest BCUT2D eigenvalue weighted by Gasteiger charge is 2.22. The molecule has 0 N–H and O–H groups in total. The number of carbonyl (C=O) groups excluding carboxylic acids is 1. The van der Waals surface area contributed by atoms with E-state index in [1.807, 2.05) is 20.8 Å². The van der Waals surface area contributed by atoms with Crippen molar-refractivity contribution in [2.24, 2.45) is 5.92 Å². The molecule has 1 unspecified atom stereocenters. The van der Waals surface area contributed by atoms with Crippen LogP contribution in [-0.2, 0) is 9.53 Å². The van der Waals surface area contributed by atoms with Crippen LogP contribution in [0.4, 0.5) is 0 Å². The smallest absolute Gasteiger partial charge is 0.329 e. The topological polar surface area (TPSA) is 57.5 Å². The van der Waals surface area contributed by atoms with Crippen molar-refractivity contribution in [3.63, 3.8) is 0 Å². The second kappa shape index (κ2) is 6.97. The molecule has 0 saturated heterocycles. The summed E-state index contributed by atoms with van der Waals surface area (Å²) in [6, 6.07) is 2.64. The average Bonchev–Trinajstić information content (AvgIpc) is 2.39. The number of nitrogens with zero attached hydrogens (tertiary/aromatic N) is 1. The number of hydrogen-bond donors (Lipinski definition) is 0. The van der Waals surface area contributed by atoms with Crippen LogP contribution in [0.3, 0.4) is 0 Å². The maximum atomic E-state index is 12.1. The molecule has 106 valence electrons. The molecule has 0 saturated carbocycles. The van der Waals surface area contributed by atoms with Crippen LogP contribution in [0.5, 0.6) is 5.75 Å². The van der Waals surface area contributed by atoms with Crippen molar-refractivity contribution in [2.45, 2.75) is 33.2 Å². The lowest BCUT2D eigenvalue weighted by Crippen LogP contribution is -2.31. The molecule has 1 aromatic rings. The molecule has 0 aliphatic rings. The first-order valence-electron chi connectivity index (χ1n) is 6.43. The molecule has 0 fully saturated rings. The second-order valence-corrected chi connectivity index (χ2v) is 4.74. The van der Waals surface area contributed by atoms with Crippen molar-refractivity contribution in [3.8, 4) is 5.75 Å². The molecule has 0 radical (unpaired) electrons. The zero-order valence-electron chi connectivity index (χ0n) is 11.9. The fourth-order valence-corrected chi connectivity index (χ4v) is 1.71. The fraction of sp³-hybridized carbons (Fsp3) is 0.571. The van der Waals surface area contributed by atoms with Crippen molar-refractivity contribution < 1.29 is 14.3 Å². The summed E-state index contributed by atoms with van der Waals surface area (Å²) in [4.78, 5) is 24.1. The Kier molecular flexibility index (Phi) is 5.60. The largest absolute Gasteiger partial charge is 0.491 e. The summed E-state index contributed by atoms with van der Waals surface area (Å²) < 4.78 is 11.5. The van der Waals surface area contributed by atoms with E-state index in [9.17, 15) is 9.59 Å². The SMILES string of the molecule is CCC(C(=O)OCC(C)C)n1cccc(OC)c1=O. The molecular weight excluding hydrogens is 246 g/mol. The Morgan fingerprint density at radius 3 is 2.63 bits per heavy atom. The zero-order chi connectivity index (χ0) is 14.4. The van der Waals surface area contributed by atoms with Gasteiger partial charge in [-0.1, -0.05) is 20.8 Å². The van der Waals surface area contributed by atoms with Crippen LogP contribution in [-0.4, -0.2) is 24.3 Å². The third kappa shape index (κ3) is 3.84. The maximum Gasteiger partial charge on any atom is 0.329 e. The lowest BCUT2D eigenvalue weighted by atomic mass is 10.2. The van der Waals surface area contributed by atoms with Crippen LogP contribution in [0.1, 0.15) is 33.2 Å². The highest BCUT2D eigenvalue weighted by atomic mass is 16.5. The summed E-state index contributed by atoms with van der Waals surface area (Å²) in [6.45, 7) is 6.12. The standard InChI is InChI=1S/C14H21NO4/c1-5-11(14(17)19-9-10(2)3)15-8-6-7-12(18-4)13(15)16/h6-8,10-11H,5,9H2,1-4H3. The molecule has 5 heteroatoms. The summed E-state index contributed by atoms with van der Waals surface area (Å²) >= 11 is 0.